The van der Waals surface area contributed by atoms with Crippen molar-refractivity contribution < 1.29 is 14.3 Å². The molecular weight excluding hydrogens is 392 g/mol. The number of methoxy groups -OCH3 is 1. The van der Waals surface area contributed by atoms with E-state index in [-0.39, 0.29) is 0 Å². The largest absolute Gasteiger partial charge is 0.465 e. The van der Waals surface area contributed by atoms with E-state index >= 15 is 0 Å². The van der Waals surface area contributed by atoms with Gasteiger partial charge in [-0.1, -0.05) is 30.3 Å². The van der Waals surface area contributed by atoms with Crippen LogP contribution >= 0.6 is 0 Å². The number of hydrogen-bond acceptors (Lipinski definition) is 7. The Kier molecular flexibility index (Phi) is 6.31. The maximum Gasteiger partial charge on any atom is 0.337 e. The molecule has 2 aromatic carbocycles. The summed E-state index contributed by atoms with van der Waals surface area (Å²) >= 11 is 0. The standard InChI is InChI=1S/C24H26N4O3/c1-30-24(29)19-7-9-20(10-8-19)31-23-21(25)22(26-16-27-23)28-13-11-18(12-14-28)15-17-5-3-2-4-6-17/h2-10,16,18H,11-15,25H2,1H3. The lowest BCUT2D eigenvalue weighted by molar-refractivity contribution is 0.0600. The van der Waals surface area contributed by atoms with Crippen LogP contribution in [-0.2, 0) is 11.2 Å². The smallest absolute Gasteiger partial charge is 0.337 e. The molecule has 0 bridgehead atoms. The van der Waals surface area contributed by atoms with Crippen LogP contribution in [0.4, 0.5) is 11.5 Å². The molecule has 4 rings (SSSR count). The number of ether oxygens (including phenoxy) is 2. The topological polar surface area (TPSA) is 90.6 Å². The fourth-order valence-corrected chi connectivity index (χ4v) is 3.89. The number of esters is 1. The molecule has 0 amide bonds. The zero-order valence-electron chi connectivity index (χ0n) is 17.5. The molecule has 1 saturated heterocycles. The summed E-state index contributed by atoms with van der Waals surface area (Å²) in [6.07, 6.45) is 4.75. The van der Waals surface area contributed by atoms with Crippen molar-refractivity contribution in [2.75, 3.05) is 30.8 Å². The lowest BCUT2D eigenvalue weighted by atomic mass is 9.90. The summed E-state index contributed by atoms with van der Waals surface area (Å²) in [6, 6.07) is 17.3. The van der Waals surface area contributed by atoms with Crippen molar-refractivity contribution in [3.63, 3.8) is 0 Å². The lowest BCUT2D eigenvalue weighted by Crippen LogP contribution is -2.35. The summed E-state index contributed by atoms with van der Waals surface area (Å²) < 4.78 is 10.6. The van der Waals surface area contributed by atoms with Gasteiger partial charge in [-0.3, -0.25) is 0 Å². The lowest BCUT2D eigenvalue weighted by Gasteiger charge is -2.33. The highest BCUT2D eigenvalue weighted by molar-refractivity contribution is 5.89. The molecule has 0 unspecified atom stereocenters. The number of hydrogen-bond donors (Lipinski definition) is 1. The van der Waals surface area contributed by atoms with Crippen molar-refractivity contribution in [1.29, 1.82) is 0 Å². The van der Waals surface area contributed by atoms with Gasteiger partial charge in [-0.15, -0.1) is 0 Å². The molecule has 1 aromatic heterocycles. The highest BCUT2D eigenvalue weighted by Gasteiger charge is 2.23. The van der Waals surface area contributed by atoms with E-state index in [1.54, 1.807) is 24.3 Å². The van der Waals surface area contributed by atoms with Crippen molar-refractivity contribution in [2.45, 2.75) is 19.3 Å². The summed E-state index contributed by atoms with van der Waals surface area (Å²) in [4.78, 5) is 22.4. The molecule has 0 atom stereocenters. The molecule has 3 aromatic rings. The van der Waals surface area contributed by atoms with Crippen LogP contribution in [0.1, 0.15) is 28.8 Å². The number of carbonyl (C=O) groups is 1. The SMILES string of the molecule is COC(=O)c1ccc(Oc2ncnc(N3CCC(Cc4ccccc4)CC3)c2N)cc1. The molecule has 0 radical (unpaired) electrons. The average molecular weight is 418 g/mol. The minimum absolute atomic E-state index is 0.308. The third-order valence-corrected chi connectivity index (χ3v) is 5.60. The summed E-state index contributed by atoms with van der Waals surface area (Å²) in [6.45, 7) is 1.79. The Morgan fingerprint density at radius 3 is 2.45 bits per heavy atom. The van der Waals surface area contributed by atoms with Crippen LogP contribution in [0.25, 0.3) is 0 Å². The summed E-state index contributed by atoms with van der Waals surface area (Å²) in [5, 5.41) is 0. The first-order chi connectivity index (χ1) is 15.1. The van der Waals surface area contributed by atoms with Gasteiger partial charge in [-0.25, -0.2) is 9.78 Å². The first kappa shape index (κ1) is 20.7. The molecule has 1 aliphatic heterocycles. The minimum Gasteiger partial charge on any atom is -0.465 e. The van der Waals surface area contributed by atoms with Crippen LogP contribution in [0.2, 0.25) is 0 Å². The maximum atomic E-state index is 11.6. The van der Waals surface area contributed by atoms with Crippen molar-refractivity contribution in [3.05, 3.63) is 72.1 Å². The van der Waals surface area contributed by atoms with Crippen molar-refractivity contribution in [2.24, 2.45) is 5.92 Å². The molecule has 31 heavy (non-hydrogen) atoms. The van der Waals surface area contributed by atoms with Gasteiger partial charge in [0.2, 0.25) is 5.88 Å². The first-order valence-corrected chi connectivity index (χ1v) is 10.4. The van der Waals surface area contributed by atoms with E-state index in [0.717, 1.165) is 32.4 Å². The zero-order valence-corrected chi connectivity index (χ0v) is 17.5. The Morgan fingerprint density at radius 2 is 1.77 bits per heavy atom. The Balaban J connectivity index is 1.40. The number of nitrogens with zero attached hydrogens (tertiary/aromatic N) is 3. The Bertz CT molecular complexity index is 1020. The molecule has 160 valence electrons. The normalized spacial score (nSPS) is 14.3. The second-order valence-corrected chi connectivity index (χ2v) is 7.65. The fraction of sp³-hybridized carbons (Fsp3) is 0.292. The predicted octanol–water partition coefficient (Wildman–Crippen LogP) is 4.10. The number of rotatable bonds is 6. The predicted molar refractivity (Wildman–Crippen MR) is 119 cm³/mol. The molecular formula is C24H26N4O3. The van der Waals surface area contributed by atoms with E-state index < -0.39 is 5.97 Å². The maximum absolute atomic E-state index is 11.6. The van der Waals surface area contributed by atoms with E-state index in [1.807, 2.05) is 0 Å². The zero-order chi connectivity index (χ0) is 21.6. The van der Waals surface area contributed by atoms with Gasteiger partial charge in [0.15, 0.2) is 5.82 Å². The van der Waals surface area contributed by atoms with Gasteiger partial charge < -0.3 is 20.1 Å². The molecule has 0 saturated carbocycles. The van der Waals surface area contributed by atoms with E-state index in [4.69, 9.17) is 15.2 Å². The third kappa shape index (κ3) is 4.94. The van der Waals surface area contributed by atoms with Crippen LogP contribution < -0.4 is 15.4 Å². The summed E-state index contributed by atoms with van der Waals surface area (Å²) in [5.41, 5.74) is 8.61. The van der Waals surface area contributed by atoms with Crippen molar-refractivity contribution >= 4 is 17.5 Å². The van der Waals surface area contributed by atoms with E-state index in [1.165, 1.54) is 19.0 Å². The van der Waals surface area contributed by atoms with Crippen LogP contribution in [0, 0.1) is 5.92 Å². The van der Waals surface area contributed by atoms with Gasteiger partial charge in [0.05, 0.1) is 12.7 Å². The number of anilines is 2. The highest BCUT2D eigenvalue weighted by atomic mass is 16.5. The second-order valence-electron chi connectivity index (χ2n) is 7.65. The van der Waals surface area contributed by atoms with Crippen molar-refractivity contribution in [3.8, 4) is 11.6 Å². The van der Waals surface area contributed by atoms with E-state index in [2.05, 4.69) is 45.2 Å². The number of nitrogen functional groups attached to an aromatic ring is 1. The number of piperidine rings is 1. The number of carbonyl (C=O) groups excluding carboxylic acids is 1. The molecule has 0 aliphatic carbocycles. The van der Waals surface area contributed by atoms with Crippen LogP contribution in [0.3, 0.4) is 0 Å². The van der Waals surface area contributed by atoms with Gasteiger partial charge in [0.25, 0.3) is 0 Å². The van der Waals surface area contributed by atoms with Gasteiger partial charge in [0, 0.05) is 13.1 Å². The molecule has 1 fully saturated rings. The average Bonchev–Trinajstić information content (AvgIpc) is 2.82. The Hall–Kier alpha value is -3.61. The first-order valence-electron chi connectivity index (χ1n) is 10.4. The van der Waals surface area contributed by atoms with Crippen LogP contribution in [0.15, 0.2) is 60.9 Å². The molecule has 7 heteroatoms. The molecule has 0 spiro atoms. The van der Waals surface area contributed by atoms with E-state index in [9.17, 15) is 4.79 Å². The summed E-state index contributed by atoms with van der Waals surface area (Å²) in [5.74, 6) is 1.80. The monoisotopic (exact) mass is 418 g/mol. The molecule has 2 N–H and O–H groups in total. The van der Waals surface area contributed by atoms with Gasteiger partial charge in [-0.2, -0.15) is 4.98 Å². The van der Waals surface area contributed by atoms with Gasteiger partial charge >= 0.3 is 5.97 Å². The number of benzene rings is 2. The van der Waals surface area contributed by atoms with E-state index in [0.29, 0.717) is 34.6 Å². The highest BCUT2D eigenvalue weighted by Crippen LogP contribution is 2.34. The second kappa shape index (κ2) is 9.47. The molecule has 2 heterocycles. The summed E-state index contributed by atoms with van der Waals surface area (Å²) in [7, 11) is 1.35. The van der Waals surface area contributed by atoms with Crippen molar-refractivity contribution in [1.82, 2.24) is 9.97 Å². The third-order valence-electron chi connectivity index (χ3n) is 5.60. The molecule has 1 aliphatic rings. The quantitative estimate of drug-likeness (QED) is 0.603. The Labute approximate surface area is 181 Å². The fourth-order valence-electron chi connectivity index (χ4n) is 3.89. The van der Waals surface area contributed by atoms with Gasteiger partial charge in [0.1, 0.15) is 17.8 Å². The van der Waals surface area contributed by atoms with Gasteiger partial charge in [-0.05, 0) is 55.0 Å². The van der Waals surface area contributed by atoms with Crippen LogP contribution in [-0.4, -0.2) is 36.1 Å². The Morgan fingerprint density at radius 1 is 1.06 bits per heavy atom. The molecule has 7 nitrogen and oxygen atoms in total. The minimum atomic E-state index is -0.397. The number of nitrogens with two attached hydrogens (primary N) is 1. The number of aromatic nitrogens is 2. The van der Waals surface area contributed by atoms with Crippen LogP contribution in [0.5, 0.6) is 11.6 Å².